The van der Waals surface area contributed by atoms with Gasteiger partial charge in [-0.15, -0.1) is 0 Å². The molecular formula is C27H24ClNO5. The molecule has 0 saturated carbocycles. The smallest absolute Gasteiger partial charge is 0.255 e. The van der Waals surface area contributed by atoms with Gasteiger partial charge in [0.25, 0.3) is 5.91 Å². The van der Waals surface area contributed by atoms with Gasteiger partial charge in [-0.05, 0) is 55.0 Å². The number of ketones is 1. The van der Waals surface area contributed by atoms with E-state index in [-0.39, 0.29) is 11.7 Å². The maximum atomic E-state index is 13.3. The SMILES string of the molecule is CCCCOc1cccc(C(=O)Nc2c(C(=O)c3ccc(OC)c(Cl)c3)oc3ccccc23)c1. The highest BCUT2D eigenvalue weighted by Crippen LogP contribution is 2.34. The predicted octanol–water partition coefficient (Wildman–Crippen LogP) is 6.76. The number of benzene rings is 3. The van der Waals surface area contributed by atoms with E-state index in [1.54, 1.807) is 48.5 Å². The zero-order valence-electron chi connectivity index (χ0n) is 18.9. The molecule has 0 unspecified atom stereocenters. The molecule has 0 aliphatic heterocycles. The molecule has 1 heterocycles. The lowest BCUT2D eigenvalue weighted by atomic mass is 10.1. The van der Waals surface area contributed by atoms with E-state index < -0.39 is 5.78 Å². The van der Waals surface area contributed by atoms with Crippen molar-refractivity contribution in [2.45, 2.75) is 19.8 Å². The van der Waals surface area contributed by atoms with Crippen LogP contribution in [0.25, 0.3) is 11.0 Å². The fourth-order valence-electron chi connectivity index (χ4n) is 3.52. The molecule has 0 bridgehead atoms. The summed E-state index contributed by atoms with van der Waals surface area (Å²) in [6, 6.07) is 18.8. The number of fused-ring (bicyclic) bond motifs is 1. The Bertz CT molecular complexity index is 1340. The Morgan fingerprint density at radius 1 is 1.00 bits per heavy atom. The molecule has 174 valence electrons. The summed E-state index contributed by atoms with van der Waals surface area (Å²) in [5.74, 6) is 0.299. The molecule has 0 saturated heterocycles. The van der Waals surface area contributed by atoms with Gasteiger partial charge in [0.2, 0.25) is 5.78 Å². The highest BCUT2D eigenvalue weighted by Gasteiger charge is 2.24. The van der Waals surface area contributed by atoms with E-state index in [9.17, 15) is 9.59 Å². The number of carbonyl (C=O) groups is 2. The zero-order valence-corrected chi connectivity index (χ0v) is 19.6. The molecule has 4 aromatic rings. The maximum Gasteiger partial charge on any atom is 0.255 e. The minimum Gasteiger partial charge on any atom is -0.495 e. The second-order valence-electron chi connectivity index (χ2n) is 7.66. The second kappa shape index (κ2) is 10.4. The summed E-state index contributed by atoms with van der Waals surface area (Å²) in [5, 5.41) is 3.79. The number of furan rings is 1. The molecule has 7 heteroatoms. The molecule has 0 fully saturated rings. The molecule has 0 spiro atoms. The molecule has 0 atom stereocenters. The molecule has 0 radical (unpaired) electrons. The first-order valence-electron chi connectivity index (χ1n) is 11.0. The normalized spacial score (nSPS) is 10.8. The number of methoxy groups -OCH3 is 1. The summed E-state index contributed by atoms with van der Waals surface area (Å²) in [6.07, 6.45) is 1.95. The summed E-state index contributed by atoms with van der Waals surface area (Å²) in [5.41, 5.74) is 1.50. The lowest BCUT2D eigenvalue weighted by Gasteiger charge is -2.09. The van der Waals surface area contributed by atoms with Gasteiger partial charge in [0.05, 0.1) is 24.4 Å². The van der Waals surface area contributed by atoms with Gasteiger partial charge < -0.3 is 19.2 Å². The maximum absolute atomic E-state index is 13.3. The number of hydrogen-bond donors (Lipinski definition) is 1. The van der Waals surface area contributed by atoms with Crippen molar-refractivity contribution in [2.24, 2.45) is 0 Å². The van der Waals surface area contributed by atoms with Gasteiger partial charge in [-0.25, -0.2) is 0 Å². The van der Waals surface area contributed by atoms with Gasteiger partial charge in [0, 0.05) is 16.5 Å². The van der Waals surface area contributed by atoms with E-state index in [1.165, 1.54) is 13.2 Å². The first kappa shape index (κ1) is 23.4. The molecule has 0 aliphatic carbocycles. The number of unbranched alkanes of at least 4 members (excludes halogenated alkanes) is 1. The number of para-hydroxylation sites is 1. The molecule has 0 aliphatic rings. The monoisotopic (exact) mass is 477 g/mol. The number of rotatable bonds is 9. The van der Waals surface area contributed by atoms with Crippen molar-refractivity contribution in [3.05, 3.63) is 88.6 Å². The van der Waals surface area contributed by atoms with Crippen LogP contribution in [0.4, 0.5) is 5.69 Å². The molecule has 6 nitrogen and oxygen atoms in total. The topological polar surface area (TPSA) is 77.8 Å². The standard InChI is InChI=1S/C27H24ClNO5/c1-3-4-14-33-19-9-7-8-18(15-19)27(31)29-24-20-10-5-6-11-22(20)34-26(24)25(30)17-12-13-23(32-2)21(28)16-17/h5-13,15-16H,3-4,14H2,1-2H3,(H,29,31). The molecule has 3 aromatic carbocycles. The Morgan fingerprint density at radius 3 is 2.59 bits per heavy atom. The van der Waals surface area contributed by atoms with Gasteiger partial charge in [-0.2, -0.15) is 0 Å². The van der Waals surface area contributed by atoms with Crippen LogP contribution >= 0.6 is 11.6 Å². The largest absolute Gasteiger partial charge is 0.495 e. The van der Waals surface area contributed by atoms with Crippen LogP contribution in [0.5, 0.6) is 11.5 Å². The van der Waals surface area contributed by atoms with E-state index >= 15 is 0 Å². The number of ether oxygens (including phenoxy) is 2. The fourth-order valence-corrected chi connectivity index (χ4v) is 3.77. The summed E-state index contributed by atoms with van der Waals surface area (Å²) >= 11 is 6.21. The first-order chi connectivity index (χ1) is 16.5. The quantitative estimate of drug-likeness (QED) is 0.213. The van der Waals surface area contributed by atoms with Crippen molar-refractivity contribution >= 4 is 39.9 Å². The van der Waals surface area contributed by atoms with Crippen LogP contribution in [0.1, 0.15) is 46.2 Å². The van der Waals surface area contributed by atoms with Crippen LogP contribution in [0.15, 0.2) is 71.1 Å². The van der Waals surface area contributed by atoms with Crippen LogP contribution in [-0.2, 0) is 0 Å². The van der Waals surface area contributed by atoms with Gasteiger partial charge in [-0.3, -0.25) is 9.59 Å². The number of halogens is 1. The minimum atomic E-state index is -0.410. The molecule has 1 amide bonds. The fraction of sp³-hybridized carbons (Fsp3) is 0.185. The Hall–Kier alpha value is -3.77. The lowest BCUT2D eigenvalue weighted by molar-refractivity contribution is 0.101. The Kier molecular flexibility index (Phi) is 7.18. The Morgan fingerprint density at radius 2 is 1.82 bits per heavy atom. The highest BCUT2D eigenvalue weighted by atomic mass is 35.5. The Balaban J connectivity index is 1.67. The summed E-state index contributed by atoms with van der Waals surface area (Å²) in [6.45, 7) is 2.66. The summed E-state index contributed by atoms with van der Waals surface area (Å²) < 4.78 is 16.8. The van der Waals surface area contributed by atoms with Gasteiger partial charge in [-0.1, -0.05) is 43.1 Å². The van der Waals surface area contributed by atoms with Crippen LogP contribution in [0.3, 0.4) is 0 Å². The summed E-state index contributed by atoms with van der Waals surface area (Å²) in [4.78, 5) is 26.5. The molecule has 34 heavy (non-hydrogen) atoms. The number of carbonyl (C=O) groups excluding carboxylic acids is 2. The third kappa shape index (κ3) is 4.92. The molecule has 4 rings (SSSR count). The molecule has 1 aromatic heterocycles. The van der Waals surface area contributed by atoms with Crippen LogP contribution < -0.4 is 14.8 Å². The van der Waals surface area contributed by atoms with Crippen molar-refractivity contribution in [1.82, 2.24) is 0 Å². The predicted molar refractivity (Wildman–Crippen MR) is 132 cm³/mol. The van der Waals surface area contributed by atoms with Crippen molar-refractivity contribution in [3.8, 4) is 11.5 Å². The van der Waals surface area contributed by atoms with E-state index in [4.69, 9.17) is 25.5 Å². The third-order valence-corrected chi connectivity index (χ3v) is 5.61. The van der Waals surface area contributed by atoms with E-state index in [0.29, 0.717) is 50.9 Å². The third-order valence-electron chi connectivity index (χ3n) is 5.32. The number of hydrogen-bond acceptors (Lipinski definition) is 5. The minimum absolute atomic E-state index is 0.0196. The van der Waals surface area contributed by atoms with Crippen molar-refractivity contribution in [2.75, 3.05) is 19.0 Å². The van der Waals surface area contributed by atoms with Crippen LogP contribution in [0, 0.1) is 0 Å². The van der Waals surface area contributed by atoms with Gasteiger partial charge >= 0.3 is 0 Å². The molecular weight excluding hydrogens is 454 g/mol. The van der Waals surface area contributed by atoms with Crippen LogP contribution in [-0.4, -0.2) is 25.4 Å². The zero-order chi connectivity index (χ0) is 24.1. The highest BCUT2D eigenvalue weighted by molar-refractivity contribution is 6.32. The number of amides is 1. The van der Waals surface area contributed by atoms with Crippen molar-refractivity contribution in [1.29, 1.82) is 0 Å². The number of nitrogens with one attached hydrogen (secondary N) is 1. The average Bonchev–Trinajstić information content (AvgIpc) is 3.22. The van der Waals surface area contributed by atoms with Gasteiger partial charge in [0.15, 0.2) is 5.76 Å². The van der Waals surface area contributed by atoms with Crippen molar-refractivity contribution in [3.63, 3.8) is 0 Å². The first-order valence-corrected chi connectivity index (χ1v) is 11.3. The van der Waals surface area contributed by atoms with Crippen molar-refractivity contribution < 1.29 is 23.5 Å². The average molecular weight is 478 g/mol. The van der Waals surface area contributed by atoms with E-state index in [0.717, 1.165) is 12.8 Å². The second-order valence-corrected chi connectivity index (χ2v) is 8.07. The van der Waals surface area contributed by atoms with Crippen LogP contribution in [0.2, 0.25) is 5.02 Å². The lowest BCUT2D eigenvalue weighted by Crippen LogP contribution is -2.14. The van der Waals surface area contributed by atoms with E-state index in [1.807, 2.05) is 12.1 Å². The molecule has 1 N–H and O–H groups in total. The van der Waals surface area contributed by atoms with E-state index in [2.05, 4.69) is 12.2 Å². The number of anilines is 1. The summed E-state index contributed by atoms with van der Waals surface area (Å²) in [7, 11) is 1.50. The Labute approximate surface area is 202 Å². The van der Waals surface area contributed by atoms with Gasteiger partial charge in [0.1, 0.15) is 17.1 Å².